The van der Waals surface area contributed by atoms with E-state index in [-0.39, 0.29) is 0 Å². The Hall–Kier alpha value is -2.29. The summed E-state index contributed by atoms with van der Waals surface area (Å²) in [7, 11) is 1.70. The molecule has 4 heterocycles. The van der Waals surface area contributed by atoms with Crippen LogP contribution in [0.15, 0.2) is 52.4 Å². The Morgan fingerprint density at radius 2 is 2.06 bits per heavy atom. The Morgan fingerprint density at radius 3 is 2.81 bits per heavy atom. The molecule has 3 aromatic rings. The molecular formula is C24H30N4O3S. The van der Waals surface area contributed by atoms with Crippen LogP contribution in [0.4, 0.5) is 0 Å². The molecule has 32 heavy (non-hydrogen) atoms. The molecule has 2 aromatic heterocycles. The first-order valence-corrected chi connectivity index (χ1v) is 12.4. The first-order valence-electron chi connectivity index (χ1n) is 11.4. The minimum atomic E-state index is 0.310. The number of rotatable bonds is 8. The molecule has 0 unspecified atom stereocenters. The number of methoxy groups -OCH3 is 1. The predicted molar refractivity (Wildman–Crippen MR) is 124 cm³/mol. The summed E-state index contributed by atoms with van der Waals surface area (Å²) in [5.41, 5.74) is 2.29. The van der Waals surface area contributed by atoms with Crippen LogP contribution in [0.25, 0.3) is 5.69 Å². The van der Waals surface area contributed by atoms with Crippen molar-refractivity contribution in [1.29, 1.82) is 0 Å². The van der Waals surface area contributed by atoms with Crippen LogP contribution < -0.4 is 4.74 Å². The van der Waals surface area contributed by atoms with E-state index in [1.54, 1.807) is 25.1 Å². The number of thioether (sulfide) groups is 1. The highest BCUT2D eigenvalue weighted by atomic mass is 32.2. The van der Waals surface area contributed by atoms with Crippen LogP contribution >= 0.6 is 11.8 Å². The van der Waals surface area contributed by atoms with E-state index in [0.717, 1.165) is 80.1 Å². The molecule has 0 radical (unpaired) electrons. The van der Waals surface area contributed by atoms with Gasteiger partial charge >= 0.3 is 0 Å². The van der Waals surface area contributed by atoms with Gasteiger partial charge in [0.15, 0.2) is 5.16 Å². The number of piperidine rings is 1. The fraction of sp³-hybridized carbons (Fsp3) is 0.500. The molecule has 1 atom stereocenters. The summed E-state index contributed by atoms with van der Waals surface area (Å²) in [5, 5.41) is 10.2. The van der Waals surface area contributed by atoms with Gasteiger partial charge in [0, 0.05) is 36.5 Å². The van der Waals surface area contributed by atoms with Gasteiger partial charge < -0.3 is 13.9 Å². The van der Waals surface area contributed by atoms with Crippen molar-refractivity contribution < 1.29 is 13.9 Å². The molecule has 170 valence electrons. The first kappa shape index (κ1) is 21.6. The number of ether oxygens (including phenoxy) is 2. The van der Waals surface area contributed by atoms with Gasteiger partial charge in [-0.25, -0.2) is 0 Å². The maximum atomic E-state index is 5.82. The third-order valence-corrected chi connectivity index (χ3v) is 7.39. The molecule has 0 N–H and O–H groups in total. The van der Waals surface area contributed by atoms with E-state index < -0.39 is 0 Å². The normalized spacial score (nSPS) is 20.1. The molecule has 2 aliphatic heterocycles. The van der Waals surface area contributed by atoms with Gasteiger partial charge in [-0.05, 0) is 57.0 Å². The lowest BCUT2D eigenvalue weighted by molar-refractivity contribution is 0.129. The lowest BCUT2D eigenvalue weighted by Crippen LogP contribution is -2.33. The Bertz CT molecular complexity index is 993. The largest absolute Gasteiger partial charge is 0.497 e. The number of hydrogen-bond acceptors (Lipinski definition) is 7. The van der Waals surface area contributed by atoms with Gasteiger partial charge in [-0.2, -0.15) is 0 Å². The van der Waals surface area contributed by atoms with Crippen LogP contribution in [0, 0.1) is 0 Å². The highest BCUT2D eigenvalue weighted by Gasteiger charge is 2.28. The topological polar surface area (TPSA) is 65.6 Å². The monoisotopic (exact) mass is 454 g/mol. The van der Waals surface area contributed by atoms with Gasteiger partial charge in [0.2, 0.25) is 0 Å². The Balaban J connectivity index is 1.35. The number of furan rings is 1. The summed E-state index contributed by atoms with van der Waals surface area (Å²) in [6, 6.07) is 10.2. The number of benzene rings is 1. The third-order valence-electron chi connectivity index (χ3n) is 6.33. The third kappa shape index (κ3) is 4.87. The second kappa shape index (κ2) is 10.1. The molecular weight excluding hydrogens is 424 g/mol. The quantitative estimate of drug-likeness (QED) is 0.464. The van der Waals surface area contributed by atoms with Crippen molar-refractivity contribution in [3.63, 3.8) is 0 Å². The van der Waals surface area contributed by atoms with Crippen LogP contribution in [0.3, 0.4) is 0 Å². The van der Waals surface area contributed by atoms with Crippen LogP contribution in [0.1, 0.15) is 43.0 Å². The van der Waals surface area contributed by atoms with Crippen LogP contribution in [-0.2, 0) is 11.3 Å². The van der Waals surface area contributed by atoms with Gasteiger partial charge in [0.1, 0.15) is 11.6 Å². The van der Waals surface area contributed by atoms with Crippen molar-refractivity contribution >= 4 is 11.8 Å². The summed E-state index contributed by atoms with van der Waals surface area (Å²) in [6.07, 6.45) is 8.30. The van der Waals surface area contributed by atoms with Gasteiger partial charge in [-0.3, -0.25) is 9.47 Å². The van der Waals surface area contributed by atoms with Crippen LogP contribution in [-0.4, -0.2) is 58.3 Å². The van der Waals surface area contributed by atoms with Crippen molar-refractivity contribution in [2.24, 2.45) is 0 Å². The van der Waals surface area contributed by atoms with Gasteiger partial charge in [0.05, 0.1) is 31.4 Å². The lowest BCUT2D eigenvalue weighted by atomic mass is 9.95. The summed E-state index contributed by atoms with van der Waals surface area (Å²) in [4.78, 5) is 2.49. The van der Waals surface area contributed by atoms with Crippen molar-refractivity contribution in [3.05, 3.63) is 54.2 Å². The Labute approximate surface area is 193 Å². The second-order valence-electron chi connectivity index (χ2n) is 8.51. The smallest absolute Gasteiger partial charge is 0.195 e. The number of likely N-dealkylation sites (tertiary alicyclic amines) is 1. The van der Waals surface area contributed by atoms with Crippen molar-refractivity contribution in [2.75, 3.05) is 32.6 Å². The molecule has 8 heteroatoms. The summed E-state index contributed by atoms with van der Waals surface area (Å²) >= 11 is 1.74. The zero-order chi connectivity index (χ0) is 21.8. The van der Waals surface area contributed by atoms with Gasteiger partial charge in [0.25, 0.3) is 0 Å². The zero-order valence-electron chi connectivity index (χ0n) is 18.5. The fourth-order valence-electron chi connectivity index (χ4n) is 4.56. The molecule has 2 aliphatic rings. The Kier molecular flexibility index (Phi) is 6.80. The van der Waals surface area contributed by atoms with E-state index in [1.807, 2.05) is 24.5 Å². The average Bonchev–Trinajstić information content (AvgIpc) is 3.60. The zero-order valence-corrected chi connectivity index (χ0v) is 19.3. The summed E-state index contributed by atoms with van der Waals surface area (Å²) in [5.74, 6) is 3.18. The van der Waals surface area contributed by atoms with Gasteiger partial charge in [-0.15, -0.1) is 10.2 Å². The SMILES string of the molecule is COc1cccc(-n2c(SC[C@@H]3CCCO3)nnc2C2CCN(Cc3ccoc3)CC2)c1. The molecule has 7 nitrogen and oxygen atoms in total. The molecule has 0 saturated carbocycles. The Morgan fingerprint density at radius 1 is 1.16 bits per heavy atom. The molecule has 2 saturated heterocycles. The van der Waals surface area contributed by atoms with Crippen LogP contribution in [0.5, 0.6) is 5.75 Å². The molecule has 0 bridgehead atoms. The van der Waals surface area contributed by atoms with E-state index in [0.29, 0.717) is 12.0 Å². The number of nitrogens with zero attached hydrogens (tertiary/aromatic N) is 4. The molecule has 0 aliphatic carbocycles. The van der Waals surface area contributed by atoms with Crippen molar-refractivity contribution in [3.8, 4) is 11.4 Å². The van der Waals surface area contributed by atoms with E-state index in [9.17, 15) is 0 Å². The summed E-state index contributed by atoms with van der Waals surface area (Å²) in [6.45, 7) is 3.89. The summed E-state index contributed by atoms with van der Waals surface area (Å²) < 4.78 is 18.8. The standard InChI is InChI=1S/C24H30N4O3S/c1-29-21-5-2-4-20(14-21)28-23(25-26-24(28)32-17-22-6-3-12-31-22)19-7-10-27(11-8-19)15-18-9-13-30-16-18/h2,4-5,9,13-14,16,19,22H,3,6-8,10-12,15,17H2,1H3/t22-/m0/s1. The minimum Gasteiger partial charge on any atom is -0.497 e. The molecule has 0 amide bonds. The molecule has 5 rings (SSSR count). The maximum absolute atomic E-state index is 5.82. The minimum absolute atomic E-state index is 0.310. The highest BCUT2D eigenvalue weighted by Crippen LogP contribution is 2.34. The molecule has 2 fully saturated rings. The van der Waals surface area contributed by atoms with Crippen LogP contribution in [0.2, 0.25) is 0 Å². The highest BCUT2D eigenvalue weighted by molar-refractivity contribution is 7.99. The molecule has 1 aromatic carbocycles. The van der Waals surface area contributed by atoms with E-state index in [1.165, 1.54) is 5.56 Å². The lowest BCUT2D eigenvalue weighted by Gasteiger charge is -2.31. The number of hydrogen-bond donors (Lipinski definition) is 0. The second-order valence-corrected chi connectivity index (χ2v) is 9.49. The fourth-order valence-corrected chi connectivity index (χ4v) is 5.59. The maximum Gasteiger partial charge on any atom is 0.195 e. The number of aromatic nitrogens is 3. The van der Waals surface area contributed by atoms with E-state index in [4.69, 9.17) is 19.0 Å². The van der Waals surface area contributed by atoms with E-state index >= 15 is 0 Å². The predicted octanol–water partition coefficient (Wildman–Crippen LogP) is 4.52. The molecule has 0 spiro atoms. The van der Waals surface area contributed by atoms with E-state index in [2.05, 4.69) is 26.7 Å². The van der Waals surface area contributed by atoms with Gasteiger partial charge in [-0.1, -0.05) is 17.8 Å². The van der Waals surface area contributed by atoms with Crippen molar-refractivity contribution in [1.82, 2.24) is 19.7 Å². The first-order chi connectivity index (χ1) is 15.8. The average molecular weight is 455 g/mol. The van der Waals surface area contributed by atoms with Crippen molar-refractivity contribution in [2.45, 2.75) is 49.4 Å².